The van der Waals surface area contributed by atoms with Crippen LogP contribution in [0.3, 0.4) is 0 Å². The van der Waals surface area contributed by atoms with E-state index in [-0.39, 0.29) is 0 Å². The summed E-state index contributed by atoms with van der Waals surface area (Å²) >= 11 is 1.56. The van der Waals surface area contributed by atoms with E-state index in [9.17, 15) is 5.11 Å². The summed E-state index contributed by atoms with van der Waals surface area (Å²) < 4.78 is 6.24. The molecule has 2 heterocycles. The van der Waals surface area contributed by atoms with Crippen molar-refractivity contribution < 1.29 is 9.84 Å². The highest BCUT2D eigenvalue weighted by molar-refractivity contribution is 7.14. The molecule has 31 heavy (non-hydrogen) atoms. The van der Waals surface area contributed by atoms with Gasteiger partial charge in [0.05, 0.1) is 10.6 Å². The maximum Gasteiger partial charge on any atom is 0.208 e. The molecule has 0 fully saturated rings. The number of aryl methyl sites for hydroxylation is 1. The first-order valence-corrected chi connectivity index (χ1v) is 11.0. The molecule has 0 aliphatic heterocycles. The van der Waals surface area contributed by atoms with Gasteiger partial charge in [-0.15, -0.1) is 0 Å². The molecule has 4 rings (SSSR count). The van der Waals surface area contributed by atoms with Crippen LogP contribution >= 0.6 is 11.3 Å². The molecule has 6 heteroatoms. The van der Waals surface area contributed by atoms with Gasteiger partial charge in [-0.2, -0.15) is 0 Å². The van der Waals surface area contributed by atoms with E-state index in [1.54, 1.807) is 31.4 Å². The summed E-state index contributed by atoms with van der Waals surface area (Å²) in [5, 5.41) is 15.4. The molecular formula is C25H25N3O2S. The van der Waals surface area contributed by atoms with Gasteiger partial charge in [0.15, 0.2) is 0 Å². The molecule has 0 bridgehead atoms. The summed E-state index contributed by atoms with van der Waals surface area (Å²) in [7, 11) is 0. The van der Waals surface area contributed by atoms with Crippen molar-refractivity contribution in [1.82, 2.24) is 9.97 Å². The number of nitrogens with zero attached hydrogens (tertiary/aromatic N) is 2. The van der Waals surface area contributed by atoms with Crippen LogP contribution in [0.1, 0.15) is 31.3 Å². The van der Waals surface area contributed by atoms with Gasteiger partial charge in [-0.3, -0.25) is 0 Å². The van der Waals surface area contributed by atoms with Crippen molar-refractivity contribution in [3.8, 4) is 22.1 Å². The van der Waals surface area contributed by atoms with Gasteiger partial charge >= 0.3 is 0 Å². The highest BCUT2D eigenvalue weighted by Gasteiger charge is 2.17. The molecule has 158 valence electrons. The van der Waals surface area contributed by atoms with Crippen molar-refractivity contribution in [2.24, 2.45) is 0 Å². The van der Waals surface area contributed by atoms with Gasteiger partial charge in [0.2, 0.25) is 5.06 Å². The van der Waals surface area contributed by atoms with Crippen molar-refractivity contribution in [3.63, 3.8) is 0 Å². The van der Waals surface area contributed by atoms with E-state index >= 15 is 0 Å². The number of hydrogen-bond donors (Lipinski definition) is 2. The lowest BCUT2D eigenvalue weighted by atomic mass is 9.98. The Balaban J connectivity index is 1.58. The van der Waals surface area contributed by atoms with E-state index in [2.05, 4.69) is 17.2 Å². The van der Waals surface area contributed by atoms with Gasteiger partial charge in [0.25, 0.3) is 0 Å². The minimum absolute atomic E-state index is 0.659. The van der Waals surface area contributed by atoms with Crippen molar-refractivity contribution >= 4 is 22.8 Å². The first-order valence-electron chi connectivity index (χ1n) is 10.2. The number of hydrogen-bond acceptors (Lipinski definition) is 6. The number of aliphatic hydroxyl groups is 1. The Morgan fingerprint density at radius 1 is 1.03 bits per heavy atom. The Kier molecular flexibility index (Phi) is 6.02. The Bertz CT molecular complexity index is 1170. The lowest BCUT2D eigenvalue weighted by Gasteiger charge is -2.18. The van der Waals surface area contributed by atoms with E-state index in [1.807, 2.05) is 66.7 Å². The van der Waals surface area contributed by atoms with Crippen LogP contribution in [0.5, 0.6) is 10.8 Å². The Morgan fingerprint density at radius 3 is 2.58 bits per heavy atom. The third-order valence-corrected chi connectivity index (χ3v) is 5.85. The molecule has 0 amide bonds. The number of benzene rings is 2. The summed E-state index contributed by atoms with van der Waals surface area (Å²) in [6, 6.07) is 21.4. The monoisotopic (exact) mass is 431 g/mol. The second-order valence-corrected chi connectivity index (χ2v) is 8.75. The maximum absolute atomic E-state index is 10.3. The fraction of sp³-hybridized carbons (Fsp3) is 0.200. The lowest BCUT2D eigenvalue weighted by molar-refractivity contribution is 0.0786. The third-order valence-electron chi connectivity index (χ3n) is 4.77. The molecule has 0 aliphatic rings. The first-order chi connectivity index (χ1) is 14.9. The predicted octanol–water partition coefficient (Wildman–Crippen LogP) is 6.53. The molecular weight excluding hydrogens is 406 g/mol. The van der Waals surface area contributed by atoms with Crippen molar-refractivity contribution in [1.29, 1.82) is 0 Å². The van der Waals surface area contributed by atoms with Gasteiger partial charge in [-0.05, 0) is 44.0 Å². The molecule has 5 nitrogen and oxygen atoms in total. The van der Waals surface area contributed by atoms with E-state index in [1.165, 1.54) is 0 Å². The average molecular weight is 432 g/mol. The lowest BCUT2D eigenvalue weighted by Crippen LogP contribution is -2.15. The van der Waals surface area contributed by atoms with Gasteiger partial charge in [-0.25, -0.2) is 9.97 Å². The Morgan fingerprint density at radius 2 is 1.84 bits per heavy atom. The maximum atomic E-state index is 10.3. The second kappa shape index (κ2) is 8.88. The van der Waals surface area contributed by atoms with E-state index in [4.69, 9.17) is 9.72 Å². The number of pyridine rings is 1. The summed E-state index contributed by atoms with van der Waals surface area (Å²) in [5.41, 5.74) is 2.65. The number of anilines is 2. The van der Waals surface area contributed by atoms with Crippen molar-refractivity contribution in [3.05, 3.63) is 83.5 Å². The van der Waals surface area contributed by atoms with E-state index < -0.39 is 5.60 Å². The normalized spacial score (nSPS) is 11.4. The Labute approximate surface area is 186 Å². The summed E-state index contributed by atoms with van der Waals surface area (Å²) in [4.78, 5) is 9.16. The topological polar surface area (TPSA) is 67.3 Å². The number of nitrogens with one attached hydrogen (secondary N) is 1. The molecule has 0 spiro atoms. The average Bonchev–Trinajstić information content (AvgIpc) is 3.17. The highest BCUT2D eigenvalue weighted by Crippen LogP contribution is 2.39. The van der Waals surface area contributed by atoms with Crippen LogP contribution in [0.4, 0.5) is 11.5 Å². The molecule has 4 aromatic rings. The van der Waals surface area contributed by atoms with Crippen LogP contribution in [0, 0.1) is 0 Å². The minimum Gasteiger partial charge on any atom is -0.444 e. The molecule has 0 unspecified atom stereocenters. The molecule has 0 saturated heterocycles. The molecule has 0 aliphatic carbocycles. The summed E-state index contributed by atoms with van der Waals surface area (Å²) in [5.74, 6) is 1.34. The van der Waals surface area contributed by atoms with Crippen molar-refractivity contribution in [2.75, 3.05) is 5.32 Å². The number of rotatable bonds is 7. The smallest absolute Gasteiger partial charge is 0.208 e. The Hall–Kier alpha value is -3.22. The second-order valence-electron chi connectivity index (χ2n) is 7.71. The van der Waals surface area contributed by atoms with Crippen LogP contribution in [-0.2, 0) is 12.0 Å². The highest BCUT2D eigenvalue weighted by atomic mass is 32.1. The molecule has 0 saturated carbocycles. The molecule has 0 radical (unpaired) electrons. The van der Waals surface area contributed by atoms with Crippen LogP contribution < -0.4 is 10.1 Å². The number of aromatic nitrogens is 2. The summed E-state index contributed by atoms with van der Waals surface area (Å²) in [6.45, 7) is 5.62. The van der Waals surface area contributed by atoms with Gasteiger partial charge in [0.1, 0.15) is 17.3 Å². The number of ether oxygens (including phenoxy) is 1. The standard InChI is InChI=1S/C25H25N3O2S/c1-4-22-28-23(17-9-6-5-7-10-17)24(31-22)30-20-13-14-26-21(16-20)27-19-12-8-11-18(15-19)25(2,3)29/h5-16,29H,4H2,1-3H3,(H,26,27). The zero-order valence-electron chi connectivity index (χ0n) is 17.8. The molecule has 2 aromatic heterocycles. The fourth-order valence-corrected chi connectivity index (χ4v) is 4.02. The van der Waals surface area contributed by atoms with E-state index in [0.29, 0.717) is 11.6 Å². The van der Waals surface area contributed by atoms with Crippen LogP contribution in [-0.4, -0.2) is 15.1 Å². The molecule has 0 atom stereocenters. The van der Waals surface area contributed by atoms with Gasteiger partial charge in [0, 0.05) is 23.5 Å². The molecule has 2 N–H and O–H groups in total. The predicted molar refractivity (Wildman–Crippen MR) is 126 cm³/mol. The number of thiazole rings is 1. The fourth-order valence-electron chi connectivity index (χ4n) is 3.12. The SMILES string of the molecule is CCc1nc(-c2ccccc2)c(Oc2ccnc(Nc3cccc(C(C)(C)O)c3)c2)s1. The van der Waals surface area contributed by atoms with Crippen molar-refractivity contribution in [2.45, 2.75) is 32.8 Å². The zero-order valence-corrected chi connectivity index (χ0v) is 18.6. The van der Waals surface area contributed by atoms with Crippen LogP contribution in [0.15, 0.2) is 72.9 Å². The van der Waals surface area contributed by atoms with Gasteiger partial charge < -0.3 is 15.2 Å². The van der Waals surface area contributed by atoms with E-state index in [0.717, 1.165) is 39.0 Å². The molecule has 2 aromatic carbocycles. The van der Waals surface area contributed by atoms with Crippen LogP contribution in [0.2, 0.25) is 0 Å². The first kappa shape index (κ1) is 21.0. The van der Waals surface area contributed by atoms with Gasteiger partial charge in [-0.1, -0.05) is 60.7 Å². The third kappa shape index (κ3) is 5.10. The van der Waals surface area contributed by atoms with Crippen LogP contribution in [0.25, 0.3) is 11.3 Å². The zero-order chi connectivity index (χ0) is 21.8. The largest absolute Gasteiger partial charge is 0.444 e. The quantitative estimate of drug-likeness (QED) is 0.348. The summed E-state index contributed by atoms with van der Waals surface area (Å²) in [6.07, 6.45) is 2.57. The minimum atomic E-state index is -0.910.